The number of halogens is 1. The van der Waals surface area contributed by atoms with Crippen LogP contribution < -0.4 is 4.50 Å². The summed E-state index contributed by atoms with van der Waals surface area (Å²) in [6, 6.07) is 24.6. The standard InChI is InChI=1S/C31H33ClS2Si/c1-19(2)35(20(3)4,21(5)6)29-18-27-24(25-14-15-28(32)26-16-17-33-30(25)26)13-12-23(31(27)34-29)22-10-8-7-9-11-22/h7-21H,1-6H3. The van der Waals surface area contributed by atoms with Gasteiger partial charge in [-0.1, -0.05) is 102 Å². The fraction of sp³-hybridized carbons (Fsp3) is 0.290. The summed E-state index contributed by atoms with van der Waals surface area (Å²) >= 11 is 10.4. The van der Waals surface area contributed by atoms with Gasteiger partial charge < -0.3 is 0 Å². The number of thiophene rings is 2. The molecule has 2 heterocycles. The highest BCUT2D eigenvalue weighted by Gasteiger charge is 2.45. The Morgan fingerprint density at radius 2 is 1.29 bits per heavy atom. The minimum absolute atomic E-state index is 0.679. The lowest BCUT2D eigenvalue weighted by molar-refractivity contribution is 0.837. The Morgan fingerprint density at radius 1 is 0.657 bits per heavy atom. The van der Waals surface area contributed by atoms with Gasteiger partial charge in [-0.05, 0) is 61.4 Å². The normalized spacial score (nSPS) is 12.6. The monoisotopic (exact) mass is 532 g/mol. The molecule has 0 atom stereocenters. The Kier molecular flexibility index (Phi) is 6.73. The summed E-state index contributed by atoms with van der Waals surface area (Å²) in [5, 5.41) is 5.53. The third-order valence-corrected chi connectivity index (χ3v) is 18.3. The zero-order valence-corrected chi connectivity index (χ0v) is 24.7. The van der Waals surface area contributed by atoms with Crippen LogP contribution in [0.2, 0.25) is 21.6 Å². The van der Waals surface area contributed by atoms with E-state index in [4.69, 9.17) is 11.6 Å². The smallest absolute Gasteiger partial charge is 0.107 e. The van der Waals surface area contributed by atoms with Crippen LogP contribution in [0.4, 0.5) is 0 Å². The van der Waals surface area contributed by atoms with Gasteiger partial charge in [0.2, 0.25) is 0 Å². The van der Waals surface area contributed by atoms with Crippen molar-refractivity contribution in [3.05, 3.63) is 77.1 Å². The lowest BCUT2D eigenvalue weighted by Crippen LogP contribution is -2.54. The molecule has 0 aliphatic heterocycles. The number of hydrogen-bond donors (Lipinski definition) is 0. The van der Waals surface area contributed by atoms with Crippen molar-refractivity contribution in [2.75, 3.05) is 0 Å². The predicted octanol–water partition coefficient (Wildman–Crippen LogP) is 11.0. The molecular formula is C31H33ClS2Si. The Labute approximate surface area is 223 Å². The predicted molar refractivity (Wildman–Crippen MR) is 164 cm³/mol. The molecule has 3 aromatic carbocycles. The Morgan fingerprint density at radius 3 is 1.94 bits per heavy atom. The highest BCUT2D eigenvalue weighted by molar-refractivity contribution is 7.32. The quantitative estimate of drug-likeness (QED) is 0.191. The van der Waals surface area contributed by atoms with Crippen LogP contribution in [-0.2, 0) is 0 Å². The molecule has 0 fully saturated rings. The van der Waals surface area contributed by atoms with E-state index in [0.717, 1.165) is 10.4 Å². The third-order valence-electron chi connectivity index (χ3n) is 7.91. The van der Waals surface area contributed by atoms with Crippen molar-refractivity contribution in [2.24, 2.45) is 0 Å². The second-order valence-corrected chi connectivity index (χ2v) is 19.1. The summed E-state index contributed by atoms with van der Waals surface area (Å²) < 4.78 is 4.34. The van der Waals surface area contributed by atoms with Gasteiger partial charge in [0.15, 0.2) is 0 Å². The SMILES string of the molecule is CC(C)[Si](c1cc2c(-c3ccc(Cl)c4ccsc34)ccc(-c3ccccc3)c2s1)(C(C)C)C(C)C. The topological polar surface area (TPSA) is 0 Å². The van der Waals surface area contributed by atoms with Gasteiger partial charge in [0.25, 0.3) is 0 Å². The number of fused-ring (bicyclic) bond motifs is 2. The van der Waals surface area contributed by atoms with E-state index in [9.17, 15) is 0 Å². The molecule has 0 radical (unpaired) electrons. The maximum atomic E-state index is 6.56. The highest BCUT2D eigenvalue weighted by atomic mass is 35.5. The summed E-state index contributed by atoms with van der Waals surface area (Å²) in [4.78, 5) is 0. The van der Waals surface area contributed by atoms with E-state index in [2.05, 4.69) is 125 Å². The molecule has 0 saturated heterocycles. The van der Waals surface area contributed by atoms with Crippen LogP contribution in [0.1, 0.15) is 41.5 Å². The van der Waals surface area contributed by atoms with E-state index in [1.165, 1.54) is 37.0 Å². The zero-order valence-electron chi connectivity index (χ0n) is 21.4. The van der Waals surface area contributed by atoms with E-state index in [1.54, 1.807) is 15.8 Å². The van der Waals surface area contributed by atoms with Crippen molar-refractivity contribution in [2.45, 2.75) is 58.2 Å². The molecule has 0 amide bonds. The van der Waals surface area contributed by atoms with Crippen LogP contribution in [-0.4, -0.2) is 8.07 Å². The number of rotatable bonds is 6. The first-order valence-corrected chi connectivity index (χ1v) is 16.9. The third kappa shape index (κ3) is 3.92. The number of hydrogen-bond acceptors (Lipinski definition) is 2. The van der Waals surface area contributed by atoms with Crippen LogP contribution in [0.5, 0.6) is 0 Å². The molecule has 0 saturated carbocycles. The van der Waals surface area contributed by atoms with E-state index in [1.807, 2.05) is 0 Å². The van der Waals surface area contributed by atoms with Crippen LogP contribution in [0.25, 0.3) is 42.4 Å². The molecule has 180 valence electrons. The summed E-state index contributed by atoms with van der Waals surface area (Å²) in [6.07, 6.45) is 0. The molecule has 4 heteroatoms. The van der Waals surface area contributed by atoms with Gasteiger partial charge in [-0.3, -0.25) is 0 Å². The maximum absolute atomic E-state index is 6.56. The summed E-state index contributed by atoms with van der Waals surface area (Å²) in [5.74, 6) is 0. The van der Waals surface area contributed by atoms with Crippen molar-refractivity contribution in [3.8, 4) is 22.3 Å². The van der Waals surface area contributed by atoms with E-state index < -0.39 is 8.07 Å². The van der Waals surface area contributed by atoms with Crippen molar-refractivity contribution in [1.29, 1.82) is 0 Å². The average molecular weight is 533 g/mol. The van der Waals surface area contributed by atoms with Gasteiger partial charge in [-0.15, -0.1) is 22.7 Å². The minimum atomic E-state index is -1.78. The molecule has 2 aromatic heterocycles. The molecule has 5 aromatic rings. The minimum Gasteiger partial charge on any atom is -0.144 e. The van der Waals surface area contributed by atoms with Gasteiger partial charge in [0.05, 0.1) is 0 Å². The summed E-state index contributed by atoms with van der Waals surface area (Å²) in [6.45, 7) is 14.8. The maximum Gasteiger partial charge on any atom is 0.107 e. The van der Waals surface area contributed by atoms with Crippen molar-refractivity contribution < 1.29 is 0 Å². The van der Waals surface area contributed by atoms with Crippen molar-refractivity contribution in [3.63, 3.8) is 0 Å². The lowest BCUT2D eigenvalue weighted by Gasteiger charge is -2.42. The largest absolute Gasteiger partial charge is 0.144 e. The van der Waals surface area contributed by atoms with Gasteiger partial charge in [0, 0.05) is 30.8 Å². The lowest BCUT2D eigenvalue weighted by atomic mass is 9.96. The molecule has 0 aliphatic rings. The fourth-order valence-corrected chi connectivity index (χ4v) is 17.9. The molecule has 0 unspecified atom stereocenters. The molecule has 0 spiro atoms. The molecule has 0 nitrogen and oxygen atoms in total. The van der Waals surface area contributed by atoms with Gasteiger partial charge in [0.1, 0.15) is 8.07 Å². The Bertz CT molecular complexity index is 1470. The van der Waals surface area contributed by atoms with Gasteiger partial charge in [-0.25, -0.2) is 0 Å². The van der Waals surface area contributed by atoms with Gasteiger partial charge >= 0.3 is 0 Å². The van der Waals surface area contributed by atoms with Crippen LogP contribution in [0.15, 0.2) is 72.1 Å². The van der Waals surface area contributed by atoms with E-state index in [0.29, 0.717) is 16.6 Å². The molecular weight excluding hydrogens is 500 g/mol. The second-order valence-electron chi connectivity index (χ2n) is 10.5. The second kappa shape index (κ2) is 9.52. The highest BCUT2D eigenvalue weighted by Crippen LogP contribution is 2.47. The van der Waals surface area contributed by atoms with Crippen molar-refractivity contribution in [1.82, 2.24) is 0 Å². The summed E-state index contributed by atoms with van der Waals surface area (Å²) in [5.41, 5.74) is 7.29. The van der Waals surface area contributed by atoms with Crippen LogP contribution in [0.3, 0.4) is 0 Å². The molecule has 0 N–H and O–H groups in total. The fourth-order valence-electron chi connectivity index (χ4n) is 6.51. The Balaban J connectivity index is 1.87. The van der Waals surface area contributed by atoms with Crippen molar-refractivity contribution >= 4 is 67.0 Å². The number of benzene rings is 3. The first-order chi connectivity index (χ1) is 16.8. The van der Waals surface area contributed by atoms with Crippen LogP contribution >= 0.6 is 34.3 Å². The first-order valence-electron chi connectivity index (χ1n) is 12.5. The zero-order chi connectivity index (χ0) is 24.9. The van der Waals surface area contributed by atoms with Crippen LogP contribution in [0, 0.1) is 0 Å². The summed E-state index contributed by atoms with van der Waals surface area (Å²) in [7, 11) is -1.78. The van der Waals surface area contributed by atoms with Gasteiger partial charge in [-0.2, -0.15) is 0 Å². The Hall–Kier alpha value is -1.91. The van der Waals surface area contributed by atoms with E-state index >= 15 is 0 Å². The molecule has 35 heavy (non-hydrogen) atoms. The molecule has 5 rings (SSSR count). The van der Waals surface area contributed by atoms with E-state index in [-0.39, 0.29) is 0 Å². The average Bonchev–Trinajstić information content (AvgIpc) is 3.48. The molecule has 0 bridgehead atoms. The molecule has 0 aliphatic carbocycles. The first kappa shape index (κ1) is 24.8.